The molecule has 120 valence electrons. The Kier molecular flexibility index (Phi) is 4.17. The Bertz CT molecular complexity index is 788. The minimum Gasteiger partial charge on any atom is -0.339 e. The van der Waals surface area contributed by atoms with E-state index in [1.54, 1.807) is 21.9 Å². The minimum atomic E-state index is -0.402. The molecular formula is C16H15ClFN3O2. The molecule has 23 heavy (non-hydrogen) atoms. The van der Waals surface area contributed by atoms with Crippen LogP contribution in [0, 0.1) is 5.82 Å². The van der Waals surface area contributed by atoms with Gasteiger partial charge in [0.2, 0.25) is 5.91 Å². The van der Waals surface area contributed by atoms with Crippen LogP contribution in [0.1, 0.15) is 17.3 Å². The first-order valence-corrected chi connectivity index (χ1v) is 7.64. The molecule has 2 heterocycles. The van der Waals surface area contributed by atoms with Gasteiger partial charge < -0.3 is 9.80 Å². The largest absolute Gasteiger partial charge is 0.339 e. The third kappa shape index (κ3) is 3.12. The first kappa shape index (κ1) is 15.7. The van der Waals surface area contributed by atoms with Crippen LogP contribution in [0.3, 0.4) is 0 Å². The zero-order valence-electron chi connectivity index (χ0n) is 12.6. The summed E-state index contributed by atoms with van der Waals surface area (Å²) in [4.78, 5) is 31.4. The minimum absolute atomic E-state index is 0.00419. The highest BCUT2D eigenvalue weighted by Gasteiger charge is 2.25. The number of rotatable bonds is 1. The Labute approximate surface area is 137 Å². The number of hydrogen-bond acceptors (Lipinski definition) is 3. The number of carbonyl (C=O) groups excluding carboxylic acids is 2. The normalized spacial score (nSPS) is 15.1. The lowest BCUT2D eigenvalue weighted by atomic mass is 10.1. The van der Waals surface area contributed by atoms with E-state index in [2.05, 4.69) is 4.98 Å². The number of fused-ring (bicyclic) bond motifs is 1. The molecule has 0 bridgehead atoms. The second-order valence-corrected chi connectivity index (χ2v) is 5.82. The summed E-state index contributed by atoms with van der Waals surface area (Å²) in [6.45, 7) is 3.43. The average molecular weight is 336 g/mol. The monoisotopic (exact) mass is 335 g/mol. The smallest absolute Gasteiger partial charge is 0.257 e. The number of benzene rings is 1. The Morgan fingerprint density at radius 3 is 2.43 bits per heavy atom. The highest BCUT2D eigenvalue weighted by molar-refractivity contribution is 6.33. The maximum absolute atomic E-state index is 13.2. The zero-order valence-corrected chi connectivity index (χ0v) is 13.3. The maximum Gasteiger partial charge on any atom is 0.257 e. The lowest BCUT2D eigenvalue weighted by molar-refractivity contribution is -0.130. The molecule has 1 saturated heterocycles. The fourth-order valence-electron chi connectivity index (χ4n) is 2.66. The van der Waals surface area contributed by atoms with Crippen molar-refractivity contribution < 1.29 is 14.0 Å². The number of amides is 2. The van der Waals surface area contributed by atoms with E-state index in [4.69, 9.17) is 11.6 Å². The van der Waals surface area contributed by atoms with Crippen molar-refractivity contribution in [1.29, 1.82) is 0 Å². The van der Waals surface area contributed by atoms with Crippen LogP contribution in [0.2, 0.25) is 5.15 Å². The molecule has 0 N–H and O–H groups in total. The van der Waals surface area contributed by atoms with Gasteiger partial charge in [0.05, 0.1) is 11.1 Å². The molecular weight excluding hydrogens is 321 g/mol. The predicted molar refractivity (Wildman–Crippen MR) is 84.9 cm³/mol. The number of piperazine rings is 1. The van der Waals surface area contributed by atoms with Gasteiger partial charge in [0.25, 0.3) is 5.91 Å². The van der Waals surface area contributed by atoms with Crippen molar-refractivity contribution in [3.63, 3.8) is 0 Å². The summed E-state index contributed by atoms with van der Waals surface area (Å²) in [5.74, 6) is -0.623. The number of carbonyl (C=O) groups is 2. The number of pyridine rings is 1. The molecule has 1 aliphatic rings. The van der Waals surface area contributed by atoms with Gasteiger partial charge in [-0.1, -0.05) is 11.6 Å². The van der Waals surface area contributed by atoms with E-state index < -0.39 is 5.82 Å². The highest BCUT2D eigenvalue weighted by Crippen LogP contribution is 2.23. The van der Waals surface area contributed by atoms with Gasteiger partial charge in [0.1, 0.15) is 11.0 Å². The molecule has 0 saturated carbocycles. The van der Waals surface area contributed by atoms with Crippen LogP contribution in [-0.4, -0.2) is 52.8 Å². The van der Waals surface area contributed by atoms with E-state index >= 15 is 0 Å². The maximum atomic E-state index is 13.2. The van der Waals surface area contributed by atoms with Gasteiger partial charge in [-0.2, -0.15) is 0 Å². The highest BCUT2D eigenvalue weighted by atomic mass is 35.5. The quantitative estimate of drug-likeness (QED) is 0.752. The molecule has 1 aromatic carbocycles. The fourth-order valence-corrected chi connectivity index (χ4v) is 2.89. The van der Waals surface area contributed by atoms with Gasteiger partial charge >= 0.3 is 0 Å². The van der Waals surface area contributed by atoms with Crippen LogP contribution in [0.5, 0.6) is 0 Å². The zero-order chi connectivity index (χ0) is 16.6. The summed E-state index contributed by atoms with van der Waals surface area (Å²) < 4.78 is 13.2. The van der Waals surface area contributed by atoms with E-state index in [1.807, 2.05) is 0 Å². The third-order valence-corrected chi connectivity index (χ3v) is 4.26. The second-order valence-electron chi connectivity index (χ2n) is 5.46. The standard InChI is InChI=1S/C16H15ClFN3O2/c1-10(22)20-4-6-21(7-5-20)16(23)13-8-11-2-3-12(18)9-14(11)19-15(13)17/h2-3,8-9H,4-7H2,1H3. The van der Waals surface area contributed by atoms with Crippen molar-refractivity contribution in [3.05, 3.63) is 40.8 Å². The van der Waals surface area contributed by atoms with Crippen molar-refractivity contribution >= 4 is 34.3 Å². The molecule has 0 atom stereocenters. The van der Waals surface area contributed by atoms with Crippen molar-refractivity contribution in [2.75, 3.05) is 26.2 Å². The Morgan fingerprint density at radius 1 is 1.13 bits per heavy atom. The van der Waals surface area contributed by atoms with Crippen LogP contribution in [-0.2, 0) is 4.79 Å². The molecule has 5 nitrogen and oxygen atoms in total. The van der Waals surface area contributed by atoms with E-state index in [1.165, 1.54) is 19.1 Å². The Hall–Kier alpha value is -2.21. The molecule has 0 aliphatic carbocycles. The molecule has 7 heteroatoms. The van der Waals surface area contributed by atoms with Crippen LogP contribution in [0.25, 0.3) is 10.9 Å². The summed E-state index contributed by atoms with van der Waals surface area (Å²) in [6.07, 6.45) is 0. The third-order valence-electron chi connectivity index (χ3n) is 3.98. The first-order chi connectivity index (χ1) is 11.0. The van der Waals surface area contributed by atoms with Gasteiger partial charge in [-0.3, -0.25) is 9.59 Å². The van der Waals surface area contributed by atoms with Gasteiger partial charge in [-0.15, -0.1) is 0 Å². The van der Waals surface area contributed by atoms with Crippen molar-refractivity contribution in [2.45, 2.75) is 6.92 Å². The number of nitrogens with zero attached hydrogens (tertiary/aromatic N) is 3. The topological polar surface area (TPSA) is 53.5 Å². The van der Waals surface area contributed by atoms with Crippen molar-refractivity contribution in [3.8, 4) is 0 Å². The van der Waals surface area contributed by atoms with E-state index in [-0.39, 0.29) is 17.0 Å². The Morgan fingerprint density at radius 2 is 1.78 bits per heavy atom. The van der Waals surface area contributed by atoms with Gasteiger partial charge in [0, 0.05) is 44.6 Å². The van der Waals surface area contributed by atoms with Crippen molar-refractivity contribution in [2.24, 2.45) is 0 Å². The predicted octanol–water partition coefficient (Wildman–Crippen LogP) is 2.33. The van der Waals surface area contributed by atoms with Crippen molar-refractivity contribution in [1.82, 2.24) is 14.8 Å². The van der Waals surface area contributed by atoms with Crippen LogP contribution < -0.4 is 0 Å². The number of halogens is 2. The van der Waals surface area contributed by atoms with Gasteiger partial charge in [-0.25, -0.2) is 9.37 Å². The van der Waals surface area contributed by atoms with E-state index in [9.17, 15) is 14.0 Å². The summed E-state index contributed by atoms with van der Waals surface area (Å²) in [6, 6.07) is 5.79. The molecule has 1 aliphatic heterocycles. The summed E-state index contributed by atoms with van der Waals surface area (Å²) in [7, 11) is 0. The second kappa shape index (κ2) is 6.12. The summed E-state index contributed by atoms with van der Waals surface area (Å²) in [5.41, 5.74) is 0.704. The molecule has 2 aromatic rings. The van der Waals surface area contributed by atoms with E-state index in [0.29, 0.717) is 42.6 Å². The molecule has 0 unspecified atom stereocenters. The summed E-state index contributed by atoms with van der Waals surface area (Å²) in [5, 5.41) is 0.712. The summed E-state index contributed by atoms with van der Waals surface area (Å²) >= 11 is 6.10. The number of aromatic nitrogens is 1. The lowest BCUT2D eigenvalue weighted by Crippen LogP contribution is -2.50. The van der Waals surface area contributed by atoms with Crippen LogP contribution >= 0.6 is 11.6 Å². The molecule has 0 spiro atoms. The van der Waals surface area contributed by atoms with Gasteiger partial charge in [-0.05, 0) is 18.2 Å². The first-order valence-electron chi connectivity index (χ1n) is 7.26. The SMILES string of the molecule is CC(=O)N1CCN(C(=O)c2cc3ccc(F)cc3nc2Cl)CC1. The Balaban J connectivity index is 1.85. The van der Waals surface area contributed by atoms with E-state index in [0.717, 1.165) is 0 Å². The van der Waals surface area contributed by atoms with Crippen LogP contribution in [0.15, 0.2) is 24.3 Å². The number of hydrogen-bond donors (Lipinski definition) is 0. The molecule has 1 aromatic heterocycles. The molecule has 1 fully saturated rings. The van der Waals surface area contributed by atoms with Gasteiger partial charge in [0.15, 0.2) is 0 Å². The fraction of sp³-hybridized carbons (Fsp3) is 0.312. The van der Waals surface area contributed by atoms with Crippen LogP contribution in [0.4, 0.5) is 4.39 Å². The average Bonchev–Trinajstić information content (AvgIpc) is 2.53. The molecule has 2 amide bonds. The molecule has 0 radical (unpaired) electrons. The lowest BCUT2D eigenvalue weighted by Gasteiger charge is -2.34. The molecule has 3 rings (SSSR count).